The summed E-state index contributed by atoms with van der Waals surface area (Å²) in [5.41, 5.74) is 0.341. The molecule has 0 saturated carbocycles. The summed E-state index contributed by atoms with van der Waals surface area (Å²) >= 11 is 1.11. The highest BCUT2D eigenvalue weighted by Crippen LogP contribution is 2.27. The zero-order chi connectivity index (χ0) is 18.7. The predicted molar refractivity (Wildman–Crippen MR) is 93.8 cm³/mol. The van der Waals surface area contributed by atoms with Crippen LogP contribution in [0.5, 0.6) is 0 Å². The molecule has 1 aromatic carbocycles. The molecule has 1 aromatic heterocycles. The molecule has 0 radical (unpaired) electrons. The molecule has 1 aliphatic rings. The Morgan fingerprint density at radius 1 is 1.54 bits per heavy atom. The van der Waals surface area contributed by atoms with Crippen molar-refractivity contribution in [1.82, 2.24) is 10.3 Å². The quantitative estimate of drug-likeness (QED) is 0.866. The van der Waals surface area contributed by atoms with E-state index < -0.39 is 23.8 Å². The van der Waals surface area contributed by atoms with Gasteiger partial charge in [0.2, 0.25) is 5.91 Å². The van der Waals surface area contributed by atoms with Crippen molar-refractivity contribution in [2.75, 3.05) is 18.0 Å². The summed E-state index contributed by atoms with van der Waals surface area (Å²) in [6.07, 6.45) is 1.37. The lowest BCUT2D eigenvalue weighted by molar-refractivity contribution is -0.119. The second kappa shape index (κ2) is 7.61. The van der Waals surface area contributed by atoms with Gasteiger partial charge in [0.1, 0.15) is 11.9 Å². The van der Waals surface area contributed by atoms with Gasteiger partial charge in [-0.2, -0.15) is 0 Å². The van der Waals surface area contributed by atoms with Crippen LogP contribution in [0.25, 0.3) is 11.9 Å². The van der Waals surface area contributed by atoms with E-state index in [0.717, 1.165) is 23.5 Å². The Hall–Kier alpha value is -2.81. The van der Waals surface area contributed by atoms with E-state index in [2.05, 4.69) is 10.3 Å². The molecule has 136 valence electrons. The Morgan fingerprint density at radius 3 is 3.00 bits per heavy atom. The van der Waals surface area contributed by atoms with Gasteiger partial charge in [0, 0.05) is 24.1 Å². The number of ether oxygens (including phenoxy) is 1. The molecule has 1 N–H and O–H groups in total. The first kappa shape index (κ1) is 18.0. The van der Waals surface area contributed by atoms with Crippen molar-refractivity contribution >= 4 is 40.9 Å². The van der Waals surface area contributed by atoms with Gasteiger partial charge in [0.25, 0.3) is 0 Å². The summed E-state index contributed by atoms with van der Waals surface area (Å²) < 4.78 is 33.5. The molecule has 0 aliphatic carbocycles. The van der Waals surface area contributed by atoms with E-state index >= 15 is 0 Å². The number of carbonyl (C=O) groups is 2. The second-order valence-electron chi connectivity index (χ2n) is 5.59. The Kier molecular flexibility index (Phi) is 5.27. The third kappa shape index (κ3) is 4.05. The van der Waals surface area contributed by atoms with Gasteiger partial charge in [0.05, 0.1) is 18.8 Å². The highest BCUT2D eigenvalue weighted by molar-refractivity contribution is 7.10. The van der Waals surface area contributed by atoms with Gasteiger partial charge in [-0.3, -0.25) is 9.69 Å². The van der Waals surface area contributed by atoms with E-state index in [4.69, 9.17) is 4.74 Å². The zero-order valence-electron chi connectivity index (χ0n) is 13.7. The SMILES string of the molecule is CC(=O)NC[C@H]1CN(c2ccc(C=C(F)c3nccs3)c(F)c2)C(=O)O1. The lowest BCUT2D eigenvalue weighted by atomic mass is 10.1. The summed E-state index contributed by atoms with van der Waals surface area (Å²) in [7, 11) is 0. The largest absolute Gasteiger partial charge is 0.442 e. The number of aromatic nitrogens is 1. The van der Waals surface area contributed by atoms with Crippen LogP contribution in [0.1, 0.15) is 17.5 Å². The fourth-order valence-corrected chi connectivity index (χ4v) is 2.98. The molecule has 0 spiro atoms. The standard InChI is InChI=1S/C17H15F2N3O3S/c1-10(23)21-8-13-9-22(17(24)25-13)12-3-2-11(14(18)7-12)6-15(19)16-20-4-5-26-16/h2-7,13H,8-9H2,1H3,(H,21,23)/t13-/m0/s1. The molecule has 6 nitrogen and oxygen atoms in total. The van der Waals surface area contributed by atoms with Crippen LogP contribution < -0.4 is 10.2 Å². The minimum Gasteiger partial charge on any atom is -0.442 e. The van der Waals surface area contributed by atoms with Crippen LogP contribution >= 0.6 is 11.3 Å². The number of amides is 2. The Bertz CT molecular complexity index is 855. The maximum absolute atomic E-state index is 14.3. The van der Waals surface area contributed by atoms with Crippen molar-refractivity contribution < 1.29 is 23.1 Å². The van der Waals surface area contributed by atoms with E-state index in [1.54, 1.807) is 5.38 Å². The second-order valence-corrected chi connectivity index (χ2v) is 6.48. The van der Waals surface area contributed by atoms with Gasteiger partial charge >= 0.3 is 6.09 Å². The molecule has 2 heterocycles. The van der Waals surface area contributed by atoms with Gasteiger partial charge < -0.3 is 10.1 Å². The van der Waals surface area contributed by atoms with Gasteiger partial charge in [-0.15, -0.1) is 11.3 Å². The molecular weight excluding hydrogens is 364 g/mol. The van der Waals surface area contributed by atoms with Crippen LogP contribution in [0, 0.1) is 5.82 Å². The summed E-state index contributed by atoms with van der Waals surface area (Å²) in [5, 5.41) is 4.35. The smallest absolute Gasteiger partial charge is 0.414 e. The Labute approximate surface area is 152 Å². The average Bonchev–Trinajstić information content (AvgIpc) is 3.24. The highest BCUT2D eigenvalue weighted by Gasteiger charge is 2.32. The van der Waals surface area contributed by atoms with Gasteiger partial charge in [-0.25, -0.2) is 18.6 Å². The molecule has 1 atom stereocenters. The molecule has 1 saturated heterocycles. The number of cyclic esters (lactones) is 1. The third-order valence-electron chi connectivity index (χ3n) is 3.67. The maximum atomic E-state index is 14.3. The third-order valence-corrected chi connectivity index (χ3v) is 4.45. The molecule has 9 heteroatoms. The van der Waals surface area contributed by atoms with E-state index in [1.165, 1.54) is 30.2 Å². The number of anilines is 1. The maximum Gasteiger partial charge on any atom is 0.414 e. The number of rotatable bonds is 5. The van der Waals surface area contributed by atoms with Crippen LogP contribution in [-0.2, 0) is 9.53 Å². The molecule has 1 aliphatic heterocycles. The first-order chi connectivity index (χ1) is 12.4. The van der Waals surface area contributed by atoms with Crippen molar-refractivity contribution in [3.05, 3.63) is 46.2 Å². The van der Waals surface area contributed by atoms with Gasteiger partial charge in [0.15, 0.2) is 10.8 Å². The minimum atomic E-state index is -0.674. The number of halogens is 2. The summed E-state index contributed by atoms with van der Waals surface area (Å²) in [5.74, 6) is -1.54. The van der Waals surface area contributed by atoms with Crippen LogP contribution in [0.3, 0.4) is 0 Å². The van der Waals surface area contributed by atoms with Crippen LogP contribution in [0.2, 0.25) is 0 Å². The Balaban J connectivity index is 1.74. The van der Waals surface area contributed by atoms with Crippen LogP contribution in [0.4, 0.5) is 19.3 Å². The number of benzene rings is 1. The molecule has 0 bridgehead atoms. The van der Waals surface area contributed by atoms with Crippen molar-refractivity contribution in [2.45, 2.75) is 13.0 Å². The zero-order valence-corrected chi connectivity index (χ0v) is 14.6. The molecular formula is C17H15F2N3O3S. The van der Waals surface area contributed by atoms with Crippen LogP contribution in [0.15, 0.2) is 29.8 Å². The molecule has 1 fully saturated rings. The normalized spacial score (nSPS) is 17.3. The lowest BCUT2D eigenvalue weighted by Crippen LogP contribution is -2.33. The van der Waals surface area contributed by atoms with E-state index in [9.17, 15) is 18.4 Å². The molecule has 2 aromatic rings. The number of thiazole rings is 1. The summed E-state index contributed by atoms with van der Waals surface area (Å²) in [6.45, 7) is 1.72. The molecule has 2 amide bonds. The lowest BCUT2D eigenvalue weighted by Gasteiger charge is -2.13. The van der Waals surface area contributed by atoms with Crippen molar-refractivity contribution in [2.24, 2.45) is 0 Å². The number of hydrogen-bond acceptors (Lipinski definition) is 5. The van der Waals surface area contributed by atoms with Crippen LogP contribution in [-0.4, -0.2) is 36.2 Å². The van der Waals surface area contributed by atoms with E-state index in [-0.39, 0.29) is 29.6 Å². The Morgan fingerprint density at radius 2 is 2.35 bits per heavy atom. The first-order valence-corrected chi connectivity index (χ1v) is 8.61. The van der Waals surface area contributed by atoms with Gasteiger partial charge in [-0.1, -0.05) is 0 Å². The number of nitrogens with one attached hydrogen (secondary N) is 1. The fourth-order valence-electron chi connectivity index (χ4n) is 2.44. The van der Waals surface area contributed by atoms with Crippen molar-refractivity contribution in [1.29, 1.82) is 0 Å². The fraction of sp³-hybridized carbons (Fsp3) is 0.235. The van der Waals surface area contributed by atoms with Crippen molar-refractivity contribution in [3.8, 4) is 0 Å². The average molecular weight is 379 g/mol. The number of hydrogen-bond donors (Lipinski definition) is 1. The summed E-state index contributed by atoms with van der Waals surface area (Å²) in [4.78, 5) is 28.0. The van der Waals surface area contributed by atoms with Crippen molar-refractivity contribution in [3.63, 3.8) is 0 Å². The monoisotopic (exact) mass is 379 g/mol. The summed E-state index contributed by atoms with van der Waals surface area (Å²) in [6, 6.07) is 4.03. The number of carbonyl (C=O) groups excluding carboxylic acids is 2. The molecule has 0 unspecified atom stereocenters. The van der Waals surface area contributed by atoms with E-state index in [0.29, 0.717) is 5.69 Å². The molecule has 26 heavy (non-hydrogen) atoms. The first-order valence-electron chi connectivity index (χ1n) is 7.73. The predicted octanol–water partition coefficient (Wildman–Crippen LogP) is 3.21. The van der Waals surface area contributed by atoms with Gasteiger partial charge in [-0.05, 0) is 24.3 Å². The minimum absolute atomic E-state index is 0.0452. The number of nitrogens with zero attached hydrogens (tertiary/aromatic N) is 2. The molecule has 3 rings (SSSR count). The topological polar surface area (TPSA) is 71.5 Å². The van der Waals surface area contributed by atoms with E-state index in [1.807, 2.05) is 0 Å². The highest BCUT2D eigenvalue weighted by atomic mass is 32.1.